The van der Waals surface area contributed by atoms with Gasteiger partial charge in [0.05, 0.1) is 13.7 Å². The minimum Gasteiger partial charge on any atom is -0.467 e. The minimum absolute atomic E-state index is 0.345. The maximum Gasteiger partial charge on any atom is 0.339 e. The summed E-state index contributed by atoms with van der Waals surface area (Å²) >= 11 is 1.63. The van der Waals surface area contributed by atoms with Crippen LogP contribution in [0.25, 0.3) is 10.4 Å². The van der Waals surface area contributed by atoms with Gasteiger partial charge in [-0.2, -0.15) is 0 Å². The number of fused-ring (bicyclic) bond motifs is 3. The van der Waals surface area contributed by atoms with Gasteiger partial charge in [-0.05, 0) is 22.6 Å². The van der Waals surface area contributed by atoms with Gasteiger partial charge in [0.15, 0.2) is 6.10 Å². The van der Waals surface area contributed by atoms with Gasteiger partial charge in [-0.1, -0.05) is 24.3 Å². The van der Waals surface area contributed by atoms with Crippen LogP contribution in [-0.2, 0) is 20.9 Å². The molecule has 3 rings (SSSR count). The molecule has 92 valence electrons. The summed E-state index contributed by atoms with van der Waals surface area (Å²) in [7, 11) is 1.38. The number of carbonyl (C=O) groups excluding carboxylic acids is 1. The molecule has 3 nitrogen and oxygen atoms in total. The van der Waals surface area contributed by atoms with E-state index in [1.165, 1.54) is 7.11 Å². The van der Waals surface area contributed by atoms with Crippen molar-refractivity contribution in [2.75, 3.05) is 7.11 Å². The maximum atomic E-state index is 11.8. The van der Waals surface area contributed by atoms with Crippen molar-refractivity contribution in [3.8, 4) is 10.4 Å². The lowest BCUT2D eigenvalue weighted by Crippen LogP contribution is -2.16. The average molecular weight is 260 g/mol. The van der Waals surface area contributed by atoms with Gasteiger partial charge in [0.2, 0.25) is 0 Å². The molecule has 0 radical (unpaired) electrons. The Morgan fingerprint density at radius 1 is 1.39 bits per heavy atom. The monoisotopic (exact) mass is 260 g/mol. The van der Waals surface area contributed by atoms with Crippen molar-refractivity contribution in [1.29, 1.82) is 0 Å². The fraction of sp³-hybridized carbons (Fsp3) is 0.214. The molecule has 0 saturated carbocycles. The molecule has 0 N–H and O–H groups in total. The summed E-state index contributed by atoms with van der Waals surface area (Å²) in [5.74, 6) is -0.345. The number of hydrogen-bond donors (Lipinski definition) is 0. The Bertz CT molecular complexity index is 588. The number of rotatable bonds is 1. The van der Waals surface area contributed by atoms with E-state index in [1.807, 2.05) is 29.6 Å². The van der Waals surface area contributed by atoms with Crippen LogP contribution in [0.4, 0.5) is 0 Å². The second-order valence-corrected chi connectivity index (χ2v) is 4.99. The lowest BCUT2D eigenvalue weighted by atomic mass is 10.0. The predicted molar refractivity (Wildman–Crippen MR) is 69.3 cm³/mol. The smallest absolute Gasteiger partial charge is 0.339 e. The van der Waals surface area contributed by atoms with E-state index in [9.17, 15) is 4.79 Å². The van der Waals surface area contributed by atoms with Crippen molar-refractivity contribution < 1.29 is 14.3 Å². The summed E-state index contributed by atoms with van der Waals surface area (Å²) in [6.45, 7) is 0.428. The number of thiophene rings is 1. The molecule has 0 aliphatic carbocycles. The Morgan fingerprint density at radius 3 is 3.06 bits per heavy atom. The zero-order valence-corrected chi connectivity index (χ0v) is 10.7. The first kappa shape index (κ1) is 11.4. The third-order valence-corrected chi connectivity index (χ3v) is 4.02. The van der Waals surface area contributed by atoms with Gasteiger partial charge in [-0.15, -0.1) is 11.3 Å². The zero-order valence-electron chi connectivity index (χ0n) is 9.88. The molecule has 18 heavy (non-hydrogen) atoms. The van der Waals surface area contributed by atoms with Gasteiger partial charge < -0.3 is 9.47 Å². The van der Waals surface area contributed by atoms with Crippen molar-refractivity contribution in [2.45, 2.75) is 12.7 Å². The van der Waals surface area contributed by atoms with E-state index in [0.717, 1.165) is 21.6 Å². The Hall–Kier alpha value is -1.65. The topological polar surface area (TPSA) is 35.5 Å². The first-order valence-electron chi connectivity index (χ1n) is 5.66. The van der Waals surface area contributed by atoms with E-state index in [-0.39, 0.29) is 5.97 Å². The molecule has 0 amide bonds. The van der Waals surface area contributed by atoms with Crippen LogP contribution in [0.5, 0.6) is 0 Å². The van der Waals surface area contributed by atoms with E-state index in [4.69, 9.17) is 9.47 Å². The predicted octanol–water partition coefficient (Wildman–Crippen LogP) is 3.16. The van der Waals surface area contributed by atoms with Crippen LogP contribution < -0.4 is 0 Å². The molecule has 0 spiro atoms. The van der Waals surface area contributed by atoms with E-state index >= 15 is 0 Å². The molecule has 4 heteroatoms. The Morgan fingerprint density at radius 2 is 2.22 bits per heavy atom. The van der Waals surface area contributed by atoms with Crippen LogP contribution in [0, 0.1) is 0 Å². The first-order valence-corrected chi connectivity index (χ1v) is 6.54. The number of hydrogen-bond acceptors (Lipinski definition) is 4. The second kappa shape index (κ2) is 4.55. The third kappa shape index (κ3) is 1.74. The molecule has 1 unspecified atom stereocenters. The van der Waals surface area contributed by atoms with Gasteiger partial charge in [0, 0.05) is 10.4 Å². The average Bonchev–Trinajstić information content (AvgIpc) is 2.82. The Balaban J connectivity index is 2.14. The SMILES string of the molecule is COC(=O)C1OCc2ccccc2-c2sccc21. The van der Waals surface area contributed by atoms with Crippen LogP contribution in [0.15, 0.2) is 35.7 Å². The number of methoxy groups -OCH3 is 1. The summed E-state index contributed by atoms with van der Waals surface area (Å²) in [6.07, 6.45) is -0.622. The number of benzene rings is 1. The minimum atomic E-state index is -0.622. The van der Waals surface area contributed by atoms with Crippen LogP contribution in [0.3, 0.4) is 0 Å². The van der Waals surface area contributed by atoms with Crippen molar-refractivity contribution in [1.82, 2.24) is 0 Å². The van der Waals surface area contributed by atoms with Gasteiger partial charge in [-0.3, -0.25) is 0 Å². The van der Waals surface area contributed by atoms with Gasteiger partial charge in [0.25, 0.3) is 0 Å². The van der Waals surface area contributed by atoms with E-state index in [2.05, 4.69) is 6.07 Å². The molecular weight excluding hydrogens is 248 g/mol. The van der Waals surface area contributed by atoms with Crippen molar-refractivity contribution in [3.05, 3.63) is 46.8 Å². The summed E-state index contributed by atoms with van der Waals surface area (Å²) in [6, 6.07) is 10.0. The van der Waals surface area contributed by atoms with Gasteiger partial charge in [-0.25, -0.2) is 4.79 Å². The van der Waals surface area contributed by atoms with Crippen molar-refractivity contribution >= 4 is 17.3 Å². The standard InChI is InChI=1S/C14H12O3S/c1-16-14(15)12-11-6-7-18-13(11)10-5-3-2-4-9(10)8-17-12/h2-7,12H,8H2,1H3. The quantitative estimate of drug-likeness (QED) is 0.739. The fourth-order valence-electron chi connectivity index (χ4n) is 2.18. The first-order chi connectivity index (χ1) is 8.81. The summed E-state index contributed by atoms with van der Waals surface area (Å²) < 4.78 is 10.5. The van der Waals surface area contributed by atoms with E-state index in [1.54, 1.807) is 11.3 Å². The normalized spacial score (nSPS) is 17.5. The summed E-state index contributed by atoms with van der Waals surface area (Å²) in [4.78, 5) is 12.9. The molecule has 1 aliphatic heterocycles. The summed E-state index contributed by atoms with van der Waals surface area (Å²) in [5, 5.41) is 1.98. The molecule has 0 bridgehead atoms. The number of carbonyl (C=O) groups is 1. The largest absolute Gasteiger partial charge is 0.467 e. The molecular formula is C14H12O3S. The molecule has 2 heterocycles. The lowest BCUT2D eigenvalue weighted by molar-refractivity contribution is -0.155. The molecule has 0 fully saturated rings. The third-order valence-electron chi connectivity index (χ3n) is 3.06. The van der Waals surface area contributed by atoms with Gasteiger partial charge in [0.1, 0.15) is 0 Å². The van der Waals surface area contributed by atoms with Crippen LogP contribution in [0.1, 0.15) is 17.2 Å². The van der Waals surface area contributed by atoms with Crippen molar-refractivity contribution in [2.24, 2.45) is 0 Å². The highest BCUT2D eigenvalue weighted by Gasteiger charge is 2.29. The Labute approximate surface area is 109 Å². The number of ether oxygens (including phenoxy) is 2. The highest BCUT2D eigenvalue weighted by molar-refractivity contribution is 7.13. The molecule has 1 aromatic heterocycles. The van der Waals surface area contributed by atoms with Crippen LogP contribution in [-0.4, -0.2) is 13.1 Å². The van der Waals surface area contributed by atoms with Crippen LogP contribution in [0.2, 0.25) is 0 Å². The van der Waals surface area contributed by atoms with Gasteiger partial charge >= 0.3 is 5.97 Å². The molecule has 1 atom stereocenters. The van der Waals surface area contributed by atoms with E-state index in [0.29, 0.717) is 6.61 Å². The molecule has 2 aromatic rings. The molecule has 1 aromatic carbocycles. The number of esters is 1. The van der Waals surface area contributed by atoms with E-state index < -0.39 is 6.10 Å². The molecule has 1 aliphatic rings. The van der Waals surface area contributed by atoms with Crippen LogP contribution >= 0.6 is 11.3 Å². The summed E-state index contributed by atoms with van der Waals surface area (Å²) in [5.41, 5.74) is 3.15. The van der Waals surface area contributed by atoms with Crippen molar-refractivity contribution in [3.63, 3.8) is 0 Å². The lowest BCUT2D eigenvalue weighted by Gasteiger charge is -2.12. The highest BCUT2D eigenvalue weighted by atomic mass is 32.1. The second-order valence-electron chi connectivity index (χ2n) is 4.08. The highest BCUT2D eigenvalue weighted by Crippen LogP contribution is 2.40. The molecule has 0 saturated heterocycles. The maximum absolute atomic E-state index is 11.8. The zero-order chi connectivity index (χ0) is 12.5. The Kier molecular flexibility index (Phi) is 2.89. The fourth-order valence-corrected chi connectivity index (χ4v) is 3.17.